The number of benzene rings is 1. The van der Waals surface area contributed by atoms with Crippen LogP contribution in [-0.4, -0.2) is 9.78 Å². The summed E-state index contributed by atoms with van der Waals surface area (Å²) in [4.78, 5) is 0. The van der Waals surface area contributed by atoms with Gasteiger partial charge in [-0.3, -0.25) is 4.68 Å². The number of aryl methyl sites for hydroxylation is 3. The van der Waals surface area contributed by atoms with Gasteiger partial charge in [-0.05, 0) is 37.5 Å². The highest BCUT2D eigenvalue weighted by atomic mass is 15.3. The molecule has 2 heteroatoms. The molecule has 0 N–H and O–H groups in total. The molecule has 1 heterocycles. The fourth-order valence-electron chi connectivity index (χ4n) is 1.89. The van der Waals surface area contributed by atoms with Crippen molar-refractivity contribution >= 4 is 0 Å². The standard InChI is InChI=1S/C14H18N2/c1-4-13-5-7-14(8-6-13)10-16-12(3)9-11(2)15-16/h5-9H,4,10H2,1-3H3. The third-order valence-corrected chi connectivity index (χ3v) is 2.87. The SMILES string of the molecule is CCc1ccc(Cn2nc(C)cc2C)cc1. The van der Waals surface area contributed by atoms with Gasteiger partial charge in [0.15, 0.2) is 0 Å². The Bertz CT molecular complexity index is 466. The Labute approximate surface area is 96.9 Å². The molecule has 0 atom stereocenters. The molecule has 0 radical (unpaired) electrons. The molecule has 0 unspecified atom stereocenters. The second kappa shape index (κ2) is 4.52. The van der Waals surface area contributed by atoms with Crippen molar-refractivity contribution in [1.29, 1.82) is 0 Å². The van der Waals surface area contributed by atoms with E-state index in [0.717, 1.165) is 18.7 Å². The highest BCUT2D eigenvalue weighted by Crippen LogP contribution is 2.09. The van der Waals surface area contributed by atoms with Gasteiger partial charge in [-0.15, -0.1) is 0 Å². The topological polar surface area (TPSA) is 17.8 Å². The van der Waals surface area contributed by atoms with E-state index in [-0.39, 0.29) is 0 Å². The molecule has 0 fully saturated rings. The number of hydrogen-bond acceptors (Lipinski definition) is 1. The van der Waals surface area contributed by atoms with E-state index < -0.39 is 0 Å². The summed E-state index contributed by atoms with van der Waals surface area (Å²) in [6, 6.07) is 10.9. The van der Waals surface area contributed by atoms with Gasteiger partial charge < -0.3 is 0 Å². The molecule has 0 spiro atoms. The van der Waals surface area contributed by atoms with Crippen LogP contribution >= 0.6 is 0 Å². The van der Waals surface area contributed by atoms with Gasteiger partial charge in [0, 0.05) is 5.69 Å². The van der Waals surface area contributed by atoms with Crippen molar-refractivity contribution in [3.05, 3.63) is 52.8 Å². The molecule has 0 amide bonds. The van der Waals surface area contributed by atoms with E-state index in [9.17, 15) is 0 Å². The summed E-state index contributed by atoms with van der Waals surface area (Å²) >= 11 is 0. The van der Waals surface area contributed by atoms with Gasteiger partial charge in [0.25, 0.3) is 0 Å². The first-order valence-electron chi connectivity index (χ1n) is 5.78. The lowest BCUT2D eigenvalue weighted by Crippen LogP contribution is -2.03. The van der Waals surface area contributed by atoms with Crippen LogP contribution in [0.25, 0.3) is 0 Å². The van der Waals surface area contributed by atoms with Gasteiger partial charge in [0.2, 0.25) is 0 Å². The van der Waals surface area contributed by atoms with Gasteiger partial charge in [0.05, 0.1) is 12.2 Å². The summed E-state index contributed by atoms with van der Waals surface area (Å²) in [6.45, 7) is 7.17. The lowest BCUT2D eigenvalue weighted by atomic mass is 10.1. The zero-order chi connectivity index (χ0) is 11.5. The molecule has 0 bridgehead atoms. The second-order valence-electron chi connectivity index (χ2n) is 4.25. The Balaban J connectivity index is 2.17. The average Bonchev–Trinajstić information content (AvgIpc) is 2.59. The lowest BCUT2D eigenvalue weighted by molar-refractivity contribution is 0.659. The van der Waals surface area contributed by atoms with Crippen LogP contribution in [-0.2, 0) is 13.0 Å². The minimum atomic E-state index is 0.865. The third-order valence-electron chi connectivity index (χ3n) is 2.87. The predicted molar refractivity (Wildman–Crippen MR) is 66.6 cm³/mol. The van der Waals surface area contributed by atoms with Gasteiger partial charge in [-0.2, -0.15) is 5.10 Å². The third kappa shape index (κ3) is 2.32. The van der Waals surface area contributed by atoms with E-state index in [1.165, 1.54) is 16.8 Å². The Morgan fingerprint density at radius 1 is 1.06 bits per heavy atom. The van der Waals surface area contributed by atoms with E-state index in [2.05, 4.69) is 54.0 Å². The molecule has 16 heavy (non-hydrogen) atoms. The Morgan fingerprint density at radius 2 is 1.69 bits per heavy atom. The molecular weight excluding hydrogens is 196 g/mol. The van der Waals surface area contributed by atoms with Crippen LogP contribution in [0, 0.1) is 13.8 Å². The van der Waals surface area contributed by atoms with Crippen molar-refractivity contribution in [2.24, 2.45) is 0 Å². The first kappa shape index (κ1) is 10.9. The highest BCUT2D eigenvalue weighted by molar-refractivity contribution is 5.23. The molecule has 0 saturated carbocycles. The summed E-state index contributed by atoms with van der Waals surface area (Å²) in [7, 11) is 0. The molecule has 0 aliphatic carbocycles. The van der Waals surface area contributed by atoms with Gasteiger partial charge in [0.1, 0.15) is 0 Å². The number of rotatable bonds is 3. The quantitative estimate of drug-likeness (QED) is 0.767. The lowest BCUT2D eigenvalue weighted by Gasteiger charge is -2.05. The average molecular weight is 214 g/mol. The highest BCUT2D eigenvalue weighted by Gasteiger charge is 2.01. The van der Waals surface area contributed by atoms with Gasteiger partial charge >= 0.3 is 0 Å². The largest absolute Gasteiger partial charge is 0.265 e. The van der Waals surface area contributed by atoms with Crippen molar-refractivity contribution in [2.45, 2.75) is 33.7 Å². The first-order chi connectivity index (χ1) is 7.69. The minimum Gasteiger partial charge on any atom is -0.265 e. The summed E-state index contributed by atoms with van der Waals surface area (Å²) in [6.07, 6.45) is 1.10. The van der Waals surface area contributed by atoms with E-state index >= 15 is 0 Å². The van der Waals surface area contributed by atoms with Crippen LogP contribution in [0.2, 0.25) is 0 Å². The zero-order valence-corrected chi connectivity index (χ0v) is 10.2. The summed E-state index contributed by atoms with van der Waals surface area (Å²) in [5.41, 5.74) is 5.00. The first-order valence-corrected chi connectivity index (χ1v) is 5.78. The fraction of sp³-hybridized carbons (Fsp3) is 0.357. The maximum atomic E-state index is 4.46. The predicted octanol–water partition coefficient (Wildman–Crippen LogP) is 3.11. The van der Waals surface area contributed by atoms with Crippen LogP contribution in [0.5, 0.6) is 0 Å². The van der Waals surface area contributed by atoms with E-state index in [1.807, 2.05) is 6.92 Å². The molecule has 84 valence electrons. The number of hydrogen-bond donors (Lipinski definition) is 0. The minimum absolute atomic E-state index is 0.865. The number of nitrogens with zero attached hydrogens (tertiary/aromatic N) is 2. The molecule has 2 nitrogen and oxygen atoms in total. The van der Waals surface area contributed by atoms with Crippen LogP contribution in [0.4, 0.5) is 0 Å². The summed E-state index contributed by atoms with van der Waals surface area (Å²) in [5, 5.41) is 4.46. The zero-order valence-electron chi connectivity index (χ0n) is 10.2. The van der Waals surface area contributed by atoms with Crippen LogP contribution in [0.3, 0.4) is 0 Å². The Hall–Kier alpha value is -1.57. The maximum absolute atomic E-state index is 4.46. The summed E-state index contributed by atoms with van der Waals surface area (Å²) < 4.78 is 2.05. The fourth-order valence-corrected chi connectivity index (χ4v) is 1.89. The van der Waals surface area contributed by atoms with Gasteiger partial charge in [-0.1, -0.05) is 31.2 Å². The van der Waals surface area contributed by atoms with Crippen molar-refractivity contribution in [3.63, 3.8) is 0 Å². The molecule has 2 rings (SSSR count). The Morgan fingerprint density at radius 3 is 2.19 bits per heavy atom. The monoisotopic (exact) mass is 214 g/mol. The van der Waals surface area contributed by atoms with Crippen molar-refractivity contribution < 1.29 is 0 Å². The molecule has 1 aromatic carbocycles. The van der Waals surface area contributed by atoms with Crippen molar-refractivity contribution in [3.8, 4) is 0 Å². The maximum Gasteiger partial charge on any atom is 0.0662 e. The molecule has 0 aliphatic heterocycles. The van der Waals surface area contributed by atoms with Crippen molar-refractivity contribution in [1.82, 2.24) is 9.78 Å². The molecule has 0 aliphatic rings. The Kier molecular flexibility index (Phi) is 3.09. The van der Waals surface area contributed by atoms with Crippen LogP contribution < -0.4 is 0 Å². The van der Waals surface area contributed by atoms with Gasteiger partial charge in [-0.25, -0.2) is 0 Å². The molecule has 2 aromatic rings. The molecule has 1 aromatic heterocycles. The number of aromatic nitrogens is 2. The van der Waals surface area contributed by atoms with E-state index in [4.69, 9.17) is 0 Å². The van der Waals surface area contributed by atoms with Crippen LogP contribution in [0.15, 0.2) is 30.3 Å². The molecule has 0 saturated heterocycles. The molecular formula is C14H18N2. The van der Waals surface area contributed by atoms with Crippen molar-refractivity contribution in [2.75, 3.05) is 0 Å². The van der Waals surface area contributed by atoms with E-state index in [1.54, 1.807) is 0 Å². The van der Waals surface area contributed by atoms with Crippen LogP contribution in [0.1, 0.15) is 29.4 Å². The summed E-state index contributed by atoms with van der Waals surface area (Å²) in [5.74, 6) is 0. The second-order valence-corrected chi connectivity index (χ2v) is 4.25. The van der Waals surface area contributed by atoms with E-state index in [0.29, 0.717) is 0 Å². The normalized spacial score (nSPS) is 10.7. The smallest absolute Gasteiger partial charge is 0.0662 e.